The summed E-state index contributed by atoms with van der Waals surface area (Å²) in [7, 11) is 0. The van der Waals surface area contributed by atoms with E-state index in [0.717, 1.165) is 24.2 Å². The zero-order valence-electron chi connectivity index (χ0n) is 12.6. The minimum atomic E-state index is -0.0422. The van der Waals surface area contributed by atoms with Crippen LogP contribution in [-0.2, 0) is 17.8 Å². The molecule has 0 spiro atoms. The molecule has 0 aliphatic carbocycles. The Hall–Kier alpha value is -2.00. The van der Waals surface area contributed by atoms with Gasteiger partial charge in [0.2, 0.25) is 5.91 Å². The van der Waals surface area contributed by atoms with Gasteiger partial charge in [-0.05, 0) is 35.1 Å². The molecule has 0 saturated heterocycles. The van der Waals surface area contributed by atoms with Crippen LogP contribution in [-0.4, -0.2) is 11.7 Å². The highest BCUT2D eigenvalue weighted by molar-refractivity contribution is 8.02. The lowest BCUT2D eigenvalue weighted by molar-refractivity contribution is -0.116. The lowest BCUT2D eigenvalue weighted by atomic mass is 10.1. The largest absolute Gasteiger partial charge is 0.348 e. The van der Waals surface area contributed by atoms with Gasteiger partial charge in [0.15, 0.2) is 0 Å². The maximum absolute atomic E-state index is 11.7. The second-order valence-corrected chi connectivity index (χ2v) is 5.98. The normalized spacial score (nSPS) is 10.7. The van der Waals surface area contributed by atoms with Gasteiger partial charge < -0.3 is 5.32 Å². The van der Waals surface area contributed by atoms with E-state index in [1.54, 1.807) is 17.8 Å². The van der Waals surface area contributed by atoms with E-state index in [9.17, 15) is 4.79 Å². The number of benzene rings is 2. The number of nitrogens with one attached hydrogen (secondary N) is 1. The van der Waals surface area contributed by atoms with Crippen LogP contribution in [0.4, 0.5) is 0 Å². The summed E-state index contributed by atoms with van der Waals surface area (Å²) in [5, 5.41) is 4.76. The van der Waals surface area contributed by atoms with Crippen molar-refractivity contribution in [2.24, 2.45) is 0 Å². The van der Waals surface area contributed by atoms with Crippen molar-refractivity contribution < 1.29 is 4.79 Å². The Labute approximate surface area is 136 Å². The van der Waals surface area contributed by atoms with Gasteiger partial charge in [0, 0.05) is 12.6 Å². The van der Waals surface area contributed by atoms with E-state index in [1.807, 2.05) is 41.8 Å². The van der Waals surface area contributed by atoms with Gasteiger partial charge in [0.25, 0.3) is 0 Å². The molecule has 0 aliphatic rings. The van der Waals surface area contributed by atoms with Crippen LogP contribution in [0, 0.1) is 0 Å². The van der Waals surface area contributed by atoms with Crippen molar-refractivity contribution in [3.8, 4) is 0 Å². The zero-order valence-corrected chi connectivity index (χ0v) is 13.4. The molecular formula is C19H21NOS. The summed E-state index contributed by atoms with van der Waals surface area (Å²) in [5.41, 5.74) is 2.48. The fourth-order valence-electron chi connectivity index (χ4n) is 2.03. The first-order valence-corrected chi connectivity index (χ1v) is 8.53. The molecule has 1 amide bonds. The first-order valence-electron chi connectivity index (χ1n) is 7.48. The molecule has 0 radical (unpaired) electrons. The molecule has 2 aromatic carbocycles. The Bertz CT molecular complexity index is 581. The standard InChI is InChI=1S/C19H21NOS/c21-19(20-16-18-10-5-2-6-11-18)13-15-22-14-7-12-17-8-3-1-4-9-17/h1-6,8-11,13,15H,7,12,14,16H2,(H,20,21)/b15-13-. The van der Waals surface area contributed by atoms with E-state index in [4.69, 9.17) is 0 Å². The Balaban J connectivity index is 1.56. The number of carbonyl (C=O) groups is 1. The number of aryl methyl sites for hydroxylation is 1. The van der Waals surface area contributed by atoms with E-state index in [2.05, 4.69) is 29.6 Å². The van der Waals surface area contributed by atoms with Crippen molar-refractivity contribution in [1.82, 2.24) is 5.32 Å². The highest BCUT2D eigenvalue weighted by Gasteiger charge is 1.96. The Morgan fingerprint density at radius 3 is 2.27 bits per heavy atom. The summed E-state index contributed by atoms with van der Waals surface area (Å²) in [4.78, 5) is 11.7. The molecule has 3 heteroatoms. The van der Waals surface area contributed by atoms with E-state index >= 15 is 0 Å². The summed E-state index contributed by atoms with van der Waals surface area (Å²) < 4.78 is 0. The van der Waals surface area contributed by atoms with Gasteiger partial charge in [-0.2, -0.15) is 0 Å². The first-order chi connectivity index (χ1) is 10.8. The summed E-state index contributed by atoms with van der Waals surface area (Å²) in [6.45, 7) is 0.572. The highest BCUT2D eigenvalue weighted by Crippen LogP contribution is 2.09. The smallest absolute Gasteiger partial charge is 0.244 e. The predicted octanol–water partition coefficient (Wildman–Crippen LogP) is 4.18. The van der Waals surface area contributed by atoms with Crippen LogP contribution in [0.2, 0.25) is 0 Å². The number of carbonyl (C=O) groups excluding carboxylic acids is 1. The van der Waals surface area contributed by atoms with Crippen molar-refractivity contribution in [2.45, 2.75) is 19.4 Å². The van der Waals surface area contributed by atoms with E-state index in [1.165, 1.54) is 5.56 Å². The second kappa shape index (κ2) is 9.85. The topological polar surface area (TPSA) is 29.1 Å². The average molecular weight is 311 g/mol. The SMILES string of the molecule is O=C(/C=C\SCCCc1ccccc1)NCc1ccccc1. The molecule has 2 aromatic rings. The summed E-state index contributed by atoms with van der Waals surface area (Å²) in [5.74, 6) is 0.983. The third kappa shape index (κ3) is 6.64. The summed E-state index contributed by atoms with van der Waals surface area (Å²) in [6.07, 6.45) is 3.81. The van der Waals surface area contributed by atoms with Crippen LogP contribution in [0.3, 0.4) is 0 Å². The van der Waals surface area contributed by atoms with Gasteiger partial charge in [-0.25, -0.2) is 0 Å². The molecule has 2 rings (SSSR count). The third-order valence-corrected chi connectivity index (χ3v) is 4.05. The first kappa shape index (κ1) is 16.4. The van der Waals surface area contributed by atoms with Gasteiger partial charge in [0.1, 0.15) is 0 Å². The Kier molecular flexibility index (Phi) is 7.33. The molecule has 0 fully saturated rings. The molecule has 0 atom stereocenters. The van der Waals surface area contributed by atoms with Gasteiger partial charge in [-0.3, -0.25) is 4.79 Å². The van der Waals surface area contributed by atoms with Crippen molar-refractivity contribution in [2.75, 3.05) is 5.75 Å². The molecule has 0 saturated carbocycles. The van der Waals surface area contributed by atoms with Gasteiger partial charge in [-0.1, -0.05) is 60.7 Å². The molecule has 0 unspecified atom stereocenters. The molecule has 0 aromatic heterocycles. The Morgan fingerprint density at radius 1 is 0.955 bits per heavy atom. The van der Waals surface area contributed by atoms with Gasteiger partial charge in [0.05, 0.1) is 0 Å². The predicted molar refractivity (Wildman–Crippen MR) is 94.6 cm³/mol. The van der Waals surface area contributed by atoms with Crippen molar-refractivity contribution in [3.05, 3.63) is 83.3 Å². The minimum absolute atomic E-state index is 0.0422. The second-order valence-electron chi connectivity index (χ2n) is 4.97. The quantitative estimate of drug-likeness (QED) is 0.585. The van der Waals surface area contributed by atoms with Crippen LogP contribution in [0.15, 0.2) is 72.1 Å². The summed E-state index contributed by atoms with van der Waals surface area (Å²) >= 11 is 1.68. The number of hydrogen-bond acceptors (Lipinski definition) is 2. The molecular weight excluding hydrogens is 290 g/mol. The maximum Gasteiger partial charge on any atom is 0.244 e. The molecule has 1 N–H and O–H groups in total. The Morgan fingerprint density at radius 2 is 1.59 bits per heavy atom. The third-order valence-electron chi connectivity index (χ3n) is 3.20. The van der Waals surface area contributed by atoms with Crippen LogP contribution in [0.5, 0.6) is 0 Å². The summed E-state index contributed by atoms with van der Waals surface area (Å²) in [6, 6.07) is 20.4. The zero-order chi connectivity index (χ0) is 15.5. The van der Waals surface area contributed by atoms with Crippen molar-refractivity contribution in [3.63, 3.8) is 0 Å². The fraction of sp³-hybridized carbons (Fsp3) is 0.211. The molecule has 0 bridgehead atoms. The van der Waals surface area contributed by atoms with Crippen LogP contribution in [0.25, 0.3) is 0 Å². The highest BCUT2D eigenvalue weighted by atomic mass is 32.2. The lowest BCUT2D eigenvalue weighted by Gasteiger charge is -2.02. The number of rotatable bonds is 8. The van der Waals surface area contributed by atoms with E-state index in [-0.39, 0.29) is 5.91 Å². The molecule has 2 nitrogen and oxygen atoms in total. The van der Waals surface area contributed by atoms with Gasteiger partial charge in [-0.15, -0.1) is 11.8 Å². The van der Waals surface area contributed by atoms with Gasteiger partial charge >= 0.3 is 0 Å². The molecule has 114 valence electrons. The van der Waals surface area contributed by atoms with Crippen molar-refractivity contribution >= 4 is 17.7 Å². The number of hydrogen-bond donors (Lipinski definition) is 1. The monoisotopic (exact) mass is 311 g/mol. The fourth-order valence-corrected chi connectivity index (χ4v) is 2.69. The van der Waals surface area contributed by atoms with Crippen LogP contribution < -0.4 is 5.32 Å². The van der Waals surface area contributed by atoms with E-state index < -0.39 is 0 Å². The number of amides is 1. The van der Waals surface area contributed by atoms with Crippen LogP contribution >= 0.6 is 11.8 Å². The molecule has 22 heavy (non-hydrogen) atoms. The molecule has 0 heterocycles. The average Bonchev–Trinajstić information content (AvgIpc) is 2.58. The maximum atomic E-state index is 11.7. The van der Waals surface area contributed by atoms with Crippen molar-refractivity contribution in [1.29, 1.82) is 0 Å². The van der Waals surface area contributed by atoms with Crippen LogP contribution in [0.1, 0.15) is 17.5 Å². The van der Waals surface area contributed by atoms with E-state index in [0.29, 0.717) is 6.54 Å². The lowest BCUT2D eigenvalue weighted by Crippen LogP contribution is -2.20. The minimum Gasteiger partial charge on any atom is -0.348 e. The molecule has 0 aliphatic heterocycles. The number of thioether (sulfide) groups is 1.